The highest BCUT2D eigenvalue weighted by atomic mass is 32.2. The molecule has 1 aromatic heterocycles. The molecule has 0 saturated heterocycles. The summed E-state index contributed by atoms with van der Waals surface area (Å²) < 4.78 is 26.5. The van der Waals surface area contributed by atoms with Gasteiger partial charge in [0.2, 0.25) is 10.0 Å². The van der Waals surface area contributed by atoms with E-state index in [0.717, 1.165) is 11.8 Å². The summed E-state index contributed by atoms with van der Waals surface area (Å²) >= 11 is 0. The minimum atomic E-state index is -3.33. The van der Waals surface area contributed by atoms with Crippen LogP contribution in [-0.4, -0.2) is 30.4 Å². The number of nitrogens with one attached hydrogen (secondary N) is 2. The van der Waals surface area contributed by atoms with Gasteiger partial charge in [0.05, 0.1) is 24.1 Å². The lowest BCUT2D eigenvalue weighted by molar-refractivity contribution is 0.0940. The predicted molar refractivity (Wildman–Crippen MR) is 84.0 cm³/mol. The van der Waals surface area contributed by atoms with Crippen molar-refractivity contribution in [1.29, 1.82) is 0 Å². The van der Waals surface area contributed by atoms with E-state index in [1.165, 1.54) is 6.20 Å². The van der Waals surface area contributed by atoms with Crippen LogP contribution in [0, 0.1) is 0 Å². The third-order valence-corrected chi connectivity index (χ3v) is 3.61. The molecule has 1 amide bonds. The van der Waals surface area contributed by atoms with E-state index >= 15 is 0 Å². The van der Waals surface area contributed by atoms with Gasteiger partial charge >= 0.3 is 0 Å². The SMILES string of the molecule is CC(NC(=O)c1cnn(C)c1)c1cccc(NS(C)(=O)=O)c1. The zero-order chi connectivity index (χ0) is 16.3. The van der Waals surface area contributed by atoms with Crippen LogP contribution < -0.4 is 10.0 Å². The van der Waals surface area contributed by atoms with E-state index in [-0.39, 0.29) is 11.9 Å². The molecule has 1 aromatic carbocycles. The Kier molecular flexibility index (Phi) is 4.51. The number of benzene rings is 1. The molecule has 118 valence electrons. The van der Waals surface area contributed by atoms with Crippen molar-refractivity contribution >= 4 is 21.6 Å². The van der Waals surface area contributed by atoms with Crippen LogP contribution in [0.25, 0.3) is 0 Å². The number of hydrogen-bond donors (Lipinski definition) is 2. The Hall–Kier alpha value is -2.35. The summed E-state index contributed by atoms with van der Waals surface area (Å²) in [6.07, 6.45) is 4.21. The van der Waals surface area contributed by atoms with E-state index < -0.39 is 10.0 Å². The number of carbonyl (C=O) groups excluding carboxylic acids is 1. The van der Waals surface area contributed by atoms with Crippen LogP contribution in [0.1, 0.15) is 28.9 Å². The van der Waals surface area contributed by atoms with Gasteiger partial charge in [0, 0.05) is 18.9 Å². The molecule has 0 saturated carbocycles. The highest BCUT2D eigenvalue weighted by Crippen LogP contribution is 2.18. The van der Waals surface area contributed by atoms with Crippen molar-refractivity contribution in [1.82, 2.24) is 15.1 Å². The van der Waals surface area contributed by atoms with E-state index in [1.54, 1.807) is 36.1 Å². The molecular weight excluding hydrogens is 304 g/mol. The molecule has 1 unspecified atom stereocenters. The molecule has 0 fully saturated rings. The largest absolute Gasteiger partial charge is 0.345 e. The Morgan fingerprint density at radius 1 is 1.36 bits per heavy atom. The first kappa shape index (κ1) is 16.0. The Labute approximate surface area is 129 Å². The molecule has 0 aliphatic carbocycles. The molecule has 0 aliphatic heterocycles. The predicted octanol–water partition coefficient (Wildman–Crippen LogP) is 1.28. The average Bonchev–Trinajstić information content (AvgIpc) is 2.84. The molecule has 2 rings (SSSR count). The van der Waals surface area contributed by atoms with Crippen LogP contribution in [0.2, 0.25) is 0 Å². The second kappa shape index (κ2) is 6.18. The van der Waals surface area contributed by atoms with Gasteiger partial charge in [0.1, 0.15) is 0 Å². The van der Waals surface area contributed by atoms with E-state index in [4.69, 9.17) is 0 Å². The highest BCUT2D eigenvalue weighted by Gasteiger charge is 2.13. The first-order valence-corrected chi connectivity index (χ1v) is 8.51. The topological polar surface area (TPSA) is 93.1 Å². The number of rotatable bonds is 5. The van der Waals surface area contributed by atoms with Crippen LogP contribution in [-0.2, 0) is 17.1 Å². The maximum Gasteiger partial charge on any atom is 0.254 e. The zero-order valence-electron chi connectivity index (χ0n) is 12.6. The Balaban J connectivity index is 2.11. The first-order chi connectivity index (χ1) is 10.2. The van der Waals surface area contributed by atoms with Crippen molar-refractivity contribution in [2.45, 2.75) is 13.0 Å². The van der Waals surface area contributed by atoms with Crippen molar-refractivity contribution in [3.8, 4) is 0 Å². The van der Waals surface area contributed by atoms with Crippen molar-refractivity contribution in [2.75, 3.05) is 11.0 Å². The monoisotopic (exact) mass is 322 g/mol. The Bertz CT molecular complexity index is 783. The number of hydrogen-bond acceptors (Lipinski definition) is 4. The second-order valence-corrected chi connectivity index (χ2v) is 6.85. The molecule has 0 spiro atoms. The number of anilines is 1. The fraction of sp³-hybridized carbons (Fsp3) is 0.286. The summed E-state index contributed by atoms with van der Waals surface area (Å²) in [5.41, 5.74) is 1.73. The van der Waals surface area contributed by atoms with E-state index in [0.29, 0.717) is 11.3 Å². The fourth-order valence-corrected chi connectivity index (χ4v) is 2.54. The minimum Gasteiger partial charge on any atom is -0.345 e. The van der Waals surface area contributed by atoms with Gasteiger partial charge in [-0.3, -0.25) is 14.2 Å². The molecule has 7 nitrogen and oxygen atoms in total. The van der Waals surface area contributed by atoms with Gasteiger partial charge in [-0.25, -0.2) is 8.42 Å². The zero-order valence-corrected chi connectivity index (χ0v) is 13.4. The van der Waals surface area contributed by atoms with Gasteiger partial charge in [-0.15, -0.1) is 0 Å². The molecule has 1 atom stereocenters. The molecule has 0 bridgehead atoms. The number of amides is 1. The van der Waals surface area contributed by atoms with Crippen molar-refractivity contribution in [2.24, 2.45) is 7.05 Å². The smallest absolute Gasteiger partial charge is 0.254 e. The molecule has 0 aliphatic rings. The molecule has 1 heterocycles. The quantitative estimate of drug-likeness (QED) is 0.867. The summed E-state index contributed by atoms with van der Waals surface area (Å²) in [5, 5.41) is 6.80. The maximum atomic E-state index is 12.1. The van der Waals surface area contributed by atoms with Gasteiger partial charge in [-0.05, 0) is 24.6 Å². The number of nitrogens with zero attached hydrogens (tertiary/aromatic N) is 2. The van der Waals surface area contributed by atoms with E-state index in [9.17, 15) is 13.2 Å². The normalized spacial score (nSPS) is 12.7. The number of aromatic nitrogens is 2. The lowest BCUT2D eigenvalue weighted by Crippen LogP contribution is -2.26. The third kappa shape index (κ3) is 4.32. The molecule has 2 N–H and O–H groups in total. The molecular formula is C14H18N4O3S. The third-order valence-electron chi connectivity index (χ3n) is 3.00. The molecule has 22 heavy (non-hydrogen) atoms. The average molecular weight is 322 g/mol. The summed E-state index contributed by atoms with van der Waals surface area (Å²) in [7, 11) is -1.59. The first-order valence-electron chi connectivity index (χ1n) is 6.62. The van der Waals surface area contributed by atoms with Crippen molar-refractivity contribution in [3.05, 3.63) is 47.8 Å². The maximum absolute atomic E-state index is 12.1. The van der Waals surface area contributed by atoms with Gasteiger partial charge in [0.25, 0.3) is 5.91 Å². The standard InChI is InChI=1S/C14H18N4O3S/c1-10(16-14(19)12-8-15-18(2)9-12)11-5-4-6-13(7-11)17-22(3,20)21/h4-10,17H,1-3H3,(H,16,19). The summed E-state index contributed by atoms with van der Waals surface area (Å²) in [5.74, 6) is -0.234. The lowest BCUT2D eigenvalue weighted by atomic mass is 10.1. The highest BCUT2D eigenvalue weighted by molar-refractivity contribution is 7.92. The molecule has 0 radical (unpaired) electrons. The van der Waals surface area contributed by atoms with Gasteiger partial charge in [-0.1, -0.05) is 12.1 Å². The lowest BCUT2D eigenvalue weighted by Gasteiger charge is -2.15. The summed E-state index contributed by atoms with van der Waals surface area (Å²) in [6, 6.07) is 6.63. The Morgan fingerprint density at radius 2 is 2.09 bits per heavy atom. The minimum absolute atomic E-state index is 0.234. The van der Waals surface area contributed by atoms with Crippen LogP contribution >= 0.6 is 0 Å². The summed E-state index contributed by atoms with van der Waals surface area (Å²) in [4.78, 5) is 12.1. The second-order valence-electron chi connectivity index (χ2n) is 5.10. The number of aryl methyl sites for hydroxylation is 1. The Morgan fingerprint density at radius 3 is 2.68 bits per heavy atom. The van der Waals surface area contributed by atoms with Crippen molar-refractivity contribution in [3.63, 3.8) is 0 Å². The number of sulfonamides is 1. The fourth-order valence-electron chi connectivity index (χ4n) is 1.99. The van der Waals surface area contributed by atoms with Crippen molar-refractivity contribution < 1.29 is 13.2 Å². The molecule has 8 heteroatoms. The van der Waals surface area contributed by atoms with E-state index in [2.05, 4.69) is 15.1 Å². The summed E-state index contributed by atoms with van der Waals surface area (Å²) in [6.45, 7) is 1.83. The van der Waals surface area contributed by atoms with Crippen LogP contribution in [0.4, 0.5) is 5.69 Å². The van der Waals surface area contributed by atoms with Gasteiger partial charge in [-0.2, -0.15) is 5.10 Å². The van der Waals surface area contributed by atoms with E-state index in [1.807, 2.05) is 13.0 Å². The van der Waals surface area contributed by atoms with Gasteiger partial charge < -0.3 is 5.32 Å². The number of carbonyl (C=O) groups is 1. The molecule has 2 aromatic rings. The van der Waals surface area contributed by atoms with Crippen LogP contribution in [0.5, 0.6) is 0 Å². The van der Waals surface area contributed by atoms with Gasteiger partial charge in [0.15, 0.2) is 0 Å². The van der Waals surface area contributed by atoms with Crippen LogP contribution in [0.15, 0.2) is 36.7 Å². The van der Waals surface area contributed by atoms with Crippen LogP contribution in [0.3, 0.4) is 0 Å².